The molecular weight excluding hydrogens is 1090 g/mol. The first kappa shape index (κ1) is 87.3. The molecule has 2 unspecified atom stereocenters. The predicted molar refractivity (Wildman–Crippen MR) is 393 cm³/mol. The van der Waals surface area contributed by atoms with Gasteiger partial charge in [0.15, 0.2) is 0 Å². The van der Waals surface area contributed by atoms with Gasteiger partial charge in [-0.05, 0) is 77.0 Å². The van der Waals surface area contributed by atoms with Crippen LogP contribution in [0, 0.1) is 0 Å². The zero-order valence-corrected chi connectivity index (χ0v) is 60.7. The van der Waals surface area contributed by atoms with E-state index in [1.165, 1.54) is 392 Å². The number of unbranched alkanes of at least 4 members (excludes halogenated alkanes) is 63. The molecule has 6 nitrogen and oxygen atoms in total. The van der Waals surface area contributed by atoms with E-state index < -0.39 is 12.1 Å². The van der Waals surface area contributed by atoms with Crippen LogP contribution >= 0.6 is 0 Å². The van der Waals surface area contributed by atoms with Gasteiger partial charge in [0, 0.05) is 12.8 Å². The van der Waals surface area contributed by atoms with E-state index in [4.69, 9.17) is 4.74 Å². The molecule has 0 bridgehead atoms. The highest BCUT2D eigenvalue weighted by Crippen LogP contribution is 2.20. The van der Waals surface area contributed by atoms with Crippen LogP contribution in [-0.4, -0.2) is 47.4 Å². The molecule has 0 fully saturated rings. The fourth-order valence-electron chi connectivity index (χ4n) is 13.2. The van der Waals surface area contributed by atoms with Crippen molar-refractivity contribution in [2.75, 3.05) is 13.2 Å². The Hall–Kier alpha value is -1.66. The number of carbonyl (C=O) groups excluding carboxylic acids is 2. The average Bonchev–Trinajstić information content (AvgIpc) is 3.65. The molecule has 0 radical (unpaired) electrons. The van der Waals surface area contributed by atoms with E-state index in [0.29, 0.717) is 25.9 Å². The fraction of sp³-hybridized carbons (Fsp3) is 0.928. The highest BCUT2D eigenvalue weighted by atomic mass is 16.5. The molecule has 0 aliphatic carbocycles. The van der Waals surface area contributed by atoms with Crippen LogP contribution in [0.4, 0.5) is 0 Å². The summed E-state index contributed by atoms with van der Waals surface area (Å²) in [4.78, 5) is 24.6. The van der Waals surface area contributed by atoms with Crippen molar-refractivity contribution in [2.24, 2.45) is 0 Å². The van der Waals surface area contributed by atoms with Gasteiger partial charge in [0.25, 0.3) is 0 Å². The van der Waals surface area contributed by atoms with Gasteiger partial charge < -0.3 is 20.3 Å². The number of ether oxygens (including phenoxy) is 1. The summed E-state index contributed by atoms with van der Waals surface area (Å²) < 4.78 is 5.48. The standard InChI is InChI=1S/C83H161NO5/c1-3-5-7-9-11-13-15-17-18-19-20-40-43-46-49-52-55-59-63-67-71-75-81(86)80(79-85)84-82(87)76-72-68-64-60-56-53-50-47-44-41-38-36-34-32-30-28-26-24-22-21-23-25-27-29-31-33-35-37-39-42-45-48-51-54-58-62-66-70-74-78-89-83(88)77-73-69-65-61-57-16-14-12-10-8-6-4-2/h12,14,21-22,80-81,85-86H,3-11,13,15-20,23-79H2,1-2H3,(H,84,87)/b14-12-,22-21-. The van der Waals surface area contributed by atoms with Crippen molar-refractivity contribution in [3.8, 4) is 0 Å². The van der Waals surface area contributed by atoms with Gasteiger partial charge in [-0.3, -0.25) is 9.59 Å². The zero-order chi connectivity index (χ0) is 64.2. The van der Waals surface area contributed by atoms with Crippen LogP contribution in [0.2, 0.25) is 0 Å². The molecule has 3 N–H and O–H groups in total. The minimum absolute atomic E-state index is 0.0131. The number of hydrogen-bond acceptors (Lipinski definition) is 5. The summed E-state index contributed by atoms with van der Waals surface area (Å²) in [6.45, 7) is 4.98. The third-order valence-electron chi connectivity index (χ3n) is 19.5. The summed E-state index contributed by atoms with van der Waals surface area (Å²) in [5.41, 5.74) is 0. The molecule has 0 rings (SSSR count). The summed E-state index contributed by atoms with van der Waals surface area (Å²) >= 11 is 0. The maximum atomic E-state index is 12.6. The first-order chi connectivity index (χ1) is 44.0. The van der Waals surface area contributed by atoms with Crippen LogP contribution in [-0.2, 0) is 14.3 Å². The van der Waals surface area contributed by atoms with E-state index in [-0.39, 0.29) is 18.5 Å². The number of aliphatic hydroxyl groups is 2. The van der Waals surface area contributed by atoms with E-state index in [0.717, 1.165) is 44.9 Å². The molecule has 0 saturated carbocycles. The fourth-order valence-corrected chi connectivity index (χ4v) is 13.2. The topological polar surface area (TPSA) is 95.9 Å². The van der Waals surface area contributed by atoms with E-state index in [1.807, 2.05) is 0 Å². The normalized spacial score (nSPS) is 12.5. The van der Waals surface area contributed by atoms with Gasteiger partial charge in [-0.2, -0.15) is 0 Å². The molecule has 6 heteroatoms. The van der Waals surface area contributed by atoms with Gasteiger partial charge in [-0.25, -0.2) is 0 Å². The summed E-state index contributed by atoms with van der Waals surface area (Å²) in [5.74, 6) is -0.0119. The van der Waals surface area contributed by atoms with Crippen molar-refractivity contribution in [1.82, 2.24) is 5.32 Å². The Morgan fingerprint density at radius 3 is 0.820 bits per heavy atom. The summed E-state index contributed by atoms with van der Waals surface area (Å²) in [6, 6.07) is -0.539. The Kier molecular flexibility index (Phi) is 77.3. The predicted octanol–water partition coefficient (Wildman–Crippen LogP) is 27.2. The Balaban J connectivity index is 3.33. The first-order valence-corrected chi connectivity index (χ1v) is 41.1. The lowest BCUT2D eigenvalue weighted by molar-refractivity contribution is -0.143. The van der Waals surface area contributed by atoms with Crippen LogP contribution in [0.5, 0.6) is 0 Å². The Labute approximate surface area is 558 Å². The van der Waals surface area contributed by atoms with Crippen LogP contribution in [0.25, 0.3) is 0 Å². The van der Waals surface area contributed by atoms with Crippen molar-refractivity contribution < 1.29 is 24.5 Å². The number of nitrogens with one attached hydrogen (secondary N) is 1. The molecule has 0 aliphatic rings. The molecule has 0 aromatic carbocycles. The maximum absolute atomic E-state index is 12.6. The van der Waals surface area contributed by atoms with Crippen molar-refractivity contribution in [1.29, 1.82) is 0 Å². The summed E-state index contributed by atoms with van der Waals surface area (Å²) in [5, 5.41) is 23.5. The van der Waals surface area contributed by atoms with Gasteiger partial charge in [0.2, 0.25) is 5.91 Å². The second-order valence-electron chi connectivity index (χ2n) is 28.5. The van der Waals surface area contributed by atoms with Crippen molar-refractivity contribution in [3.05, 3.63) is 24.3 Å². The van der Waals surface area contributed by atoms with Crippen LogP contribution in [0.1, 0.15) is 470 Å². The van der Waals surface area contributed by atoms with E-state index in [2.05, 4.69) is 43.5 Å². The Bertz CT molecular complexity index is 1400. The maximum Gasteiger partial charge on any atom is 0.305 e. The number of rotatable bonds is 78. The molecule has 0 aromatic heterocycles. The second kappa shape index (κ2) is 78.8. The van der Waals surface area contributed by atoms with E-state index >= 15 is 0 Å². The minimum atomic E-state index is -0.662. The van der Waals surface area contributed by atoms with Crippen LogP contribution < -0.4 is 5.32 Å². The second-order valence-corrected chi connectivity index (χ2v) is 28.5. The quantitative estimate of drug-likeness (QED) is 0.0320. The number of aliphatic hydroxyl groups excluding tert-OH is 2. The summed E-state index contributed by atoms with van der Waals surface area (Å²) in [7, 11) is 0. The molecular formula is C83H161NO5. The van der Waals surface area contributed by atoms with Gasteiger partial charge >= 0.3 is 5.97 Å². The third-order valence-corrected chi connectivity index (χ3v) is 19.5. The molecule has 0 heterocycles. The largest absolute Gasteiger partial charge is 0.466 e. The van der Waals surface area contributed by atoms with E-state index in [9.17, 15) is 19.8 Å². The molecule has 0 aliphatic heterocycles. The number of amides is 1. The number of carbonyl (C=O) groups is 2. The monoisotopic (exact) mass is 1250 g/mol. The molecule has 0 spiro atoms. The molecule has 2 atom stereocenters. The molecule has 528 valence electrons. The highest BCUT2D eigenvalue weighted by molar-refractivity contribution is 5.76. The zero-order valence-electron chi connectivity index (χ0n) is 60.7. The lowest BCUT2D eigenvalue weighted by Crippen LogP contribution is -2.45. The van der Waals surface area contributed by atoms with Gasteiger partial charge in [-0.15, -0.1) is 0 Å². The van der Waals surface area contributed by atoms with Crippen LogP contribution in [0.15, 0.2) is 24.3 Å². The highest BCUT2D eigenvalue weighted by Gasteiger charge is 2.20. The lowest BCUT2D eigenvalue weighted by Gasteiger charge is -2.22. The van der Waals surface area contributed by atoms with Crippen LogP contribution in [0.3, 0.4) is 0 Å². The first-order valence-electron chi connectivity index (χ1n) is 41.1. The average molecular weight is 1250 g/mol. The van der Waals surface area contributed by atoms with Gasteiger partial charge in [0.05, 0.1) is 25.4 Å². The molecule has 0 saturated heterocycles. The molecule has 0 aromatic rings. The van der Waals surface area contributed by atoms with Gasteiger partial charge in [0.1, 0.15) is 0 Å². The lowest BCUT2D eigenvalue weighted by atomic mass is 10.0. The Morgan fingerprint density at radius 2 is 0.528 bits per heavy atom. The van der Waals surface area contributed by atoms with Crippen molar-refractivity contribution in [2.45, 2.75) is 482 Å². The van der Waals surface area contributed by atoms with Crippen molar-refractivity contribution >= 4 is 11.9 Å². The van der Waals surface area contributed by atoms with Gasteiger partial charge in [-0.1, -0.05) is 404 Å². The van der Waals surface area contributed by atoms with E-state index in [1.54, 1.807) is 0 Å². The molecule has 89 heavy (non-hydrogen) atoms. The SMILES string of the molecule is CCCCC/C=C\CCCCCCCC(=O)OCCCCCCCCCCCCCCCCCCCC/C=C\CCCCCCCCCCCCCCCCCCCC(=O)NC(CO)C(O)CCCCCCCCCCCCCCCCCCCCCCC. The summed E-state index contributed by atoms with van der Waals surface area (Å²) in [6.07, 6.45) is 102. The number of esters is 1. The number of hydrogen-bond donors (Lipinski definition) is 3. The number of allylic oxidation sites excluding steroid dienone is 4. The van der Waals surface area contributed by atoms with Crippen molar-refractivity contribution in [3.63, 3.8) is 0 Å². The minimum Gasteiger partial charge on any atom is -0.466 e. The molecule has 1 amide bonds. The Morgan fingerprint density at radius 1 is 0.303 bits per heavy atom. The smallest absolute Gasteiger partial charge is 0.305 e. The third kappa shape index (κ3) is 75.3.